The van der Waals surface area contributed by atoms with Gasteiger partial charge in [-0.25, -0.2) is 10.2 Å². The van der Waals surface area contributed by atoms with Crippen molar-refractivity contribution in [3.8, 4) is 17.2 Å². The van der Waals surface area contributed by atoms with Gasteiger partial charge in [0.15, 0.2) is 11.5 Å². The summed E-state index contributed by atoms with van der Waals surface area (Å²) in [5.41, 5.74) is 3.54. The molecule has 3 aromatic rings. The Morgan fingerprint density at radius 2 is 1.71 bits per heavy atom. The molecule has 4 rings (SSSR count). The van der Waals surface area contributed by atoms with Crippen LogP contribution < -0.4 is 19.6 Å². The lowest BCUT2D eigenvalue weighted by molar-refractivity contribution is -0.130. The molecule has 0 fully saturated rings. The molecule has 1 N–H and O–H groups in total. The molecule has 1 aliphatic rings. The smallest absolute Gasteiger partial charge is 0.343 e. The van der Waals surface area contributed by atoms with Crippen molar-refractivity contribution in [2.45, 2.75) is 6.10 Å². The summed E-state index contributed by atoms with van der Waals surface area (Å²) in [6.07, 6.45) is 0.682. The molecule has 0 aliphatic carbocycles. The van der Waals surface area contributed by atoms with Gasteiger partial charge in [0.2, 0.25) is 6.10 Å². The zero-order chi connectivity index (χ0) is 21.6. The van der Waals surface area contributed by atoms with E-state index in [1.165, 1.54) is 6.21 Å². The van der Waals surface area contributed by atoms with Crippen molar-refractivity contribution in [1.29, 1.82) is 0 Å². The van der Waals surface area contributed by atoms with Crippen LogP contribution >= 0.6 is 11.6 Å². The fraction of sp³-hybridized carbons (Fsp3) is 0.0870. The Labute approximate surface area is 183 Å². The third-order valence-corrected chi connectivity index (χ3v) is 4.61. The minimum atomic E-state index is -0.790. The highest BCUT2D eigenvalue weighted by Gasteiger charge is 2.26. The van der Waals surface area contributed by atoms with E-state index in [0.29, 0.717) is 33.4 Å². The molecule has 0 radical (unpaired) electrons. The van der Waals surface area contributed by atoms with Gasteiger partial charge in [-0.2, -0.15) is 5.10 Å². The molecule has 0 unspecified atom stereocenters. The Morgan fingerprint density at radius 1 is 1.00 bits per heavy atom. The molecule has 3 aromatic carbocycles. The third kappa shape index (κ3) is 5.21. The molecule has 156 valence electrons. The molecule has 31 heavy (non-hydrogen) atoms. The standard InChI is InChI=1S/C23H17ClN2O5/c24-17-9-7-16(8-10-17)23(28)30-18-11-5-15(6-12-18)13-25-26-22(27)21-14-29-19-3-1-2-4-20(19)31-21/h1-13,21H,14H2,(H,26,27)/t21-/m0/s1. The fourth-order valence-electron chi connectivity index (χ4n) is 2.77. The summed E-state index contributed by atoms with van der Waals surface area (Å²) in [7, 11) is 0. The average molecular weight is 437 g/mol. The fourth-order valence-corrected chi connectivity index (χ4v) is 2.89. The van der Waals surface area contributed by atoms with Gasteiger partial charge >= 0.3 is 5.97 Å². The Morgan fingerprint density at radius 3 is 2.45 bits per heavy atom. The minimum Gasteiger partial charge on any atom is -0.485 e. The van der Waals surface area contributed by atoms with E-state index in [-0.39, 0.29) is 6.61 Å². The second kappa shape index (κ2) is 9.32. The van der Waals surface area contributed by atoms with Gasteiger partial charge in [0.05, 0.1) is 11.8 Å². The van der Waals surface area contributed by atoms with Crippen molar-refractivity contribution in [3.05, 3.63) is 88.9 Å². The number of amides is 1. The molecular formula is C23H17ClN2O5. The summed E-state index contributed by atoms with van der Waals surface area (Å²) in [6.45, 7) is 0.103. The van der Waals surface area contributed by atoms with Gasteiger partial charge in [0.25, 0.3) is 5.91 Å². The van der Waals surface area contributed by atoms with E-state index in [1.807, 2.05) is 6.07 Å². The topological polar surface area (TPSA) is 86.2 Å². The van der Waals surface area contributed by atoms with Gasteiger partial charge < -0.3 is 14.2 Å². The first kappa shape index (κ1) is 20.4. The van der Waals surface area contributed by atoms with Gasteiger partial charge in [-0.1, -0.05) is 23.7 Å². The average Bonchev–Trinajstić information content (AvgIpc) is 2.80. The van der Waals surface area contributed by atoms with Gasteiger partial charge in [-0.15, -0.1) is 0 Å². The number of benzene rings is 3. The maximum atomic E-state index is 12.2. The lowest BCUT2D eigenvalue weighted by Crippen LogP contribution is -2.42. The number of hydrazone groups is 1. The van der Waals surface area contributed by atoms with Crippen LogP contribution in [-0.4, -0.2) is 30.8 Å². The highest BCUT2D eigenvalue weighted by molar-refractivity contribution is 6.30. The molecule has 7 nitrogen and oxygen atoms in total. The molecule has 0 spiro atoms. The van der Waals surface area contributed by atoms with Crippen molar-refractivity contribution in [2.75, 3.05) is 6.61 Å². The monoisotopic (exact) mass is 436 g/mol. The predicted octanol–water partition coefficient (Wildman–Crippen LogP) is 3.85. The number of carbonyl (C=O) groups excluding carboxylic acids is 2. The van der Waals surface area contributed by atoms with Gasteiger partial charge in [-0.05, 0) is 66.2 Å². The summed E-state index contributed by atoms with van der Waals surface area (Å²) < 4.78 is 16.5. The van der Waals surface area contributed by atoms with E-state index >= 15 is 0 Å². The van der Waals surface area contributed by atoms with E-state index in [0.717, 1.165) is 0 Å². The van der Waals surface area contributed by atoms with Gasteiger partial charge in [0.1, 0.15) is 12.4 Å². The molecule has 1 aliphatic heterocycles. The van der Waals surface area contributed by atoms with Crippen LogP contribution in [0.25, 0.3) is 0 Å². The first-order valence-corrected chi connectivity index (χ1v) is 9.75. The van der Waals surface area contributed by atoms with Crippen LogP contribution in [0, 0.1) is 0 Å². The normalized spacial score (nSPS) is 14.8. The zero-order valence-corrected chi connectivity index (χ0v) is 16.9. The number of carbonyl (C=O) groups is 2. The van der Waals surface area contributed by atoms with Crippen LogP contribution in [0.15, 0.2) is 77.9 Å². The summed E-state index contributed by atoms with van der Waals surface area (Å²) in [5.74, 6) is 0.599. The Kier molecular flexibility index (Phi) is 6.14. The van der Waals surface area contributed by atoms with Crippen molar-refractivity contribution in [2.24, 2.45) is 5.10 Å². The third-order valence-electron chi connectivity index (χ3n) is 4.36. The summed E-state index contributed by atoms with van der Waals surface area (Å²) in [6, 6.07) is 20.2. The first-order valence-electron chi connectivity index (χ1n) is 9.38. The molecule has 0 saturated carbocycles. The molecular weight excluding hydrogens is 420 g/mol. The van der Waals surface area contributed by atoms with Gasteiger partial charge in [0, 0.05) is 5.02 Å². The highest BCUT2D eigenvalue weighted by atomic mass is 35.5. The molecule has 0 aromatic heterocycles. The number of ether oxygens (including phenoxy) is 3. The van der Waals surface area contributed by atoms with Crippen LogP contribution in [0.1, 0.15) is 15.9 Å². The second-order valence-electron chi connectivity index (χ2n) is 6.56. The summed E-state index contributed by atoms with van der Waals surface area (Å²) >= 11 is 5.82. The maximum absolute atomic E-state index is 12.2. The van der Waals surface area contributed by atoms with E-state index < -0.39 is 18.0 Å². The van der Waals surface area contributed by atoms with Crippen molar-refractivity contribution < 1.29 is 23.8 Å². The van der Waals surface area contributed by atoms with Crippen LogP contribution in [-0.2, 0) is 4.79 Å². The van der Waals surface area contributed by atoms with Crippen LogP contribution in [0.5, 0.6) is 17.2 Å². The highest BCUT2D eigenvalue weighted by Crippen LogP contribution is 2.30. The molecule has 0 bridgehead atoms. The molecule has 0 saturated heterocycles. The Bertz CT molecular complexity index is 1110. The summed E-state index contributed by atoms with van der Waals surface area (Å²) in [4.78, 5) is 24.4. The van der Waals surface area contributed by atoms with E-state index in [9.17, 15) is 9.59 Å². The maximum Gasteiger partial charge on any atom is 0.343 e. The largest absolute Gasteiger partial charge is 0.485 e. The summed E-state index contributed by atoms with van der Waals surface area (Å²) in [5, 5.41) is 4.48. The number of rotatable bonds is 5. The molecule has 8 heteroatoms. The first-order chi connectivity index (χ1) is 15.1. The molecule has 1 amide bonds. The van der Waals surface area contributed by atoms with Crippen LogP contribution in [0.3, 0.4) is 0 Å². The molecule has 1 heterocycles. The number of fused-ring (bicyclic) bond motifs is 1. The number of halogens is 1. The van der Waals surface area contributed by atoms with Crippen LogP contribution in [0.4, 0.5) is 0 Å². The van der Waals surface area contributed by atoms with Gasteiger partial charge in [-0.3, -0.25) is 4.79 Å². The number of para-hydroxylation sites is 2. The number of esters is 1. The quantitative estimate of drug-likeness (QED) is 0.284. The minimum absolute atomic E-state index is 0.103. The van der Waals surface area contributed by atoms with Crippen LogP contribution in [0.2, 0.25) is 5.02 Å². The van der Waals surface area contributed by atoms with Crippen molar-refractivity contribution in [3.63, 3.8) is 0 Å². The number of hydrogen-bond donors (Lipinski definition) is 1. The SMILES string of the molecule is O=C(Oc1ccc(C=NNC(=O)[C@@H]2COc3ccccc3O2)cc1)c1ccc(Cl)cc1. The van der Waals surface area contributed by atoms with E-state index in [2.05, 4.69) is 10.5 Å². The van der Waals surface area contributed by atoms with Crippen molar-refractivity contribution in [1.82, 2.24) is 5.43 Å². The number of nitrogens with zero attached hydrogens (tertiary/aromatic N) is 1. The lowest BCUT2D eigenvalue weighted by atomic mass is 10.2. The Balaban J connectivity index is 1.29. The zero-order valence-electron chi connectivity index (χ0n) is 16.2. The molecule has 1 atom stereocenters. The van der Waals surface area contributed by atoms with E-state index in [1.54, 1.807) is 66.7 Å². The number of hydrogen-bond acceptors (Lipinski definition) is 6. The number of nitrogens with one attached hydrogen (secondary N) is 1. The Hall–Kier alpha value is -3.84. The second-order valence-corrected chi connectivity index (χ2v) is 7.00. The lowest BCUT2D eigenvalue weighted by Gasteiger charge is -2.24. The predicted molar refractivity (Wildman–Crippen MR) is 115 cm³/mol. The van der Waals surface area contributed by atoms with Crippen molar-refractivity contribution >= 4 is 29.7 Å². The van der Waals surface area contributed by atoms with E-state index in [4.69, 9.17) is 25.8 Å².